The van der Waals surface area contributed by atoms with Gasteiger partial charge >= 0.3 is 0 Å². The van der Waals surface area contributed by atoms with Crippen molar-refractivity contribution < 1.29 is 4.43 Å². The first-order chi connectivity index (χ1) is 13.5. The van der Waals surface area contributed by atoms with Gasteiger partial charge in [-0.3, -0.25) is 0 Å². The van der Waals surface area contributed by atoms with Crippen LogP contribution in [0.15, 0.2) is 43.0 Å². The molecule has 2 heterocycles. The van der Waals surface area contributed by atoms with Crippen molar-refractivity contribution in [1.82, 2.24) is 19.5 Å². The number of imidazole rings is 1. The number of halogens is 1. The lowest BCUT2D eigenvalue weighted by Gasteiger charge is -2.46. The van der Waals surface area contributed by atoms with Crippen molar-refractivity contribution in [2.24, 2.45) is 0 Å². The molecular weight excluding hydrogens is 400 g/mol. The molecule has 0 aliphatic carbocycles. The predicted octanol–water partition coefficient (Wildman–Crippen LogP) is 6.04. The first kappa shape index (κ1) is 21.9. The Hall–Kier alpha value is -1.76. The van der Waals surface area contributed by atoms with E-state index in [4.69, 9.17) is 16.0 Å². The molecule has 2 atom stereocenters. The molecule has 0 bridgehead atoms. The highest BCUT2D eigenvalue weighted by Gasteiger charge is 2.46. The summed E-state index contributed by atoms with van der Waals surface area (Å²) in [6, 6.07) is 10.5. The number of aromatic nitrogens is 4. The lowest BCUT2D eigenvalue weighted by atomic mass is 9.82. The summed E-state index contributed by atoms with van der Waals surface area (Å²) in [5.41, 5.74) is 2.04. The zero-order chi connectivity index (χ0) is 21.4. The zero-order valence-electron chi connectivity index (χ0n) is 18.4. The second-order valence-electron chi connectivity index (χ2n) is 9.12. The van der Waals surface area contributed by atoms with Crippen LogP contribution in [0.1, 0.15) is 46.6 Å². The lowest BCUT2D eigenvalue weighted by molar-refractivity contribution is 0.0833. The van der Waals surface area contributed by atoms with Crippen LogP contribution < -0.4 is 0 Å². The number of hydrogen-bond donors (Lipinski definition) is 0. The van der Waals surface area contributed by atoms with E-state index in [-0.39, 0.29) is 11.1 Å². The summed E-state index contributed by atoms with van der Waals surface area (Å²) in [4.78, 5) is 13.2. The summed E-state index contributed by atoms with van der Waals surface area (Å²) in [5.74, 6) is 0. The monoisotopic (exact) mass is 430 g/mol. The van der Waals surface area contributed by atoms with Crippen molar-refractivity contribution in [3.8, 4) is 0 Å². The van der Waals surface area contributed by atoms with Crippen LogP contribution in [0.4, 0.5) is 0 Å². The molecule has 5 nitrogen and oxygen atoms in total. The smallest absolute Gasteiger partial charge is 0.192 e. The van der Waals surface area contributed by atoms with Crippen LogP contribution in [0.3, 0.4) is 0 Å². The van der Waals surface area contributed by atoms with Gasteiger partial charge in [0.05, 0.1) is 18.0 Å². The summed E-state index contributed by atoms with van der Waals surface area (Å²) in [7, 11) is -2.01. The van der Waals surface area contributed by atoms with Gasteiger partial charge in [-0.05, 0) is 37.0 Å². The van der Waals surface area contributed by atoms with Gasteiger partial charge in [0, 0.05) is 0 Å². The molecule has 0 amide bonds. The standard InChI is InChI=1S/C22H31ClN4OSi/c1-8-22(17-12-10-9-11-13-17,16(2)28-29(6,7)21(3,4)5)27-15-26-18-19(23)24-14-25-20(18)27/h9-16H,8H2,1-7H3/t16-,22-/m0/s1. The zero-order valence-corrected chi connectivity index (χ0v) is 20.2. The molecule has 29 heavy (non-hydrogen) atoms. The molecule has 0 N–H and O–H groups in total. The Morgan fingerprint density at radius 2 is 1.76 bits per heavy atom. The fraction of sp³-hybridized carbons (Fsp3) is 0.500. The second-order valence-corrected chi connectivity index (χ2v) is 14.2. The third kappa shape index (κ3) is 3.74. The molecule has 0 unspecified atom stereocenters. The molecule has 1 aromatic carbocycles. The van der Waals surface area contributed by atoms with Crippen LogP contribution in [0.5, 0.6) is 0 Å². The van der Waals surface area contributed by atoms with Crippen LogP contribution in [0, 0.1) is 0 Å². The SMILES string of the molecule is CC[C@@](c1ccccc1)([C@H](C)O[Si](C)(C)C(C)(C)C)n1cnc2c(Cl)ncnc21. The van der Waals surface area contributed by atoms with E-state index in [1.165, 1.54) is 11.9 Å². The fourth-order valence-corrected chi connectivity index (χ4v) is 5.38. The Labute approximate surface area is 179 Å². The summed E-state index contributed by atoms with van der Waals surface area (Å²) < 4.78 is 9.06. The first-order valence-corrected chi connectivity index (χ1v) is 13.4. The quantitative estimate of drug-likeness (QED) is 0.353. The van der Waals surface area contributed by atoms with E-state index in [0.29, 0.717) is 10.7 Å². The highest BCUT2D eigenvalue weighted by molar-refractivity contribution is 6.74. The van der Waals surface area contributed by atoms with Crippen molar-refractivity contribution in [2.75, 3.05) is 0 Å². The van der Waals surface area contributed by atoms with Crippen molar-refractivity contribution in [2.45, 2.75) is 70.8 Å². The van der Waals surface area contributed by atoms with Gasteiger partial charge in [-0.15, -0.1) is 0 Å². The number of hydrogen-bond acceptors (Lipinski definition) is 4. The Bertz CT molecular complexity index is 983. The molecule has 0 spiro atoms. The third-order valence-electron chi connectivity index (χ3n) is 6.48. The van der Waals surface area contributed by atoms with Crippen LogP contribution in [0.25, 0.3) is 11.2 Å². The van der Waals surface area contributed by atoms with Gasteiger partial charge in [0.25, 0.3) is 0 Å². The second kappa shape index (κ2) is 7.82. The minimum Gasteiger partial charge on any atom is -0.411 e. The molecule has 3 aromatic rings. The highest BCUT2D eigenvalue weighted by Crippen LogP contribution is 2.43. The van der Waals surface area contributed by atoms with Crippen LogP contribution in [0.2, 0.25) is 23.3 Å². The van der Waals surface area contributed by atoms with Gasteiger partial charge in [0.15, 0.2) is 19.1 Å². The molecule has 0 aliphatic heterocycles. The summed E-state index contributed by atoms with van der Waals surface area (Å²) >= 11 is 6.30. The van der Waals surface area contributed by atoms with E-state index < -0.39 is 13.9 Å². The molecule has 0 fully saturated rings. The van der Waals surface area contributed by atoms with E-state index in [1.807, 2.05) is 12.4 Å². The Morgan fingerprint density at radius 3 is 2.34 bits per heavy atom. The van der Waals surface area contributed by atoms with Crippen LogP contribution in [-0.2, 0) is 9.96 Å². The number of rotatable bonds is 6. The van der Waals surface area contributed by atoms with Crippen molar-refractivity contribution in [3.63, 3.8) is 0 Å². The van der Waals surface area contributed by atoms with Gasteiger partial charge < -0.3 is 8.99 Å². The lowest BCUT2D eigenvalue weighted by Crippen LogP contribution is -2.52. The molecule has 156 valence electrons. The molecule has 0 saturated carbocycles. The molecule has 2 aromatic heterocycles. The van der Waals surface area contributed by atoms with E-state index >= 15 is 0 Å². The number of nitrogens with zero attached hydrogens (tertiary/aromatic N) is 4. The van der Waals surface area contributed by atoms with Crippen LogP contribution >= 0.6 is 11.6 Å². The fourth-order valence-electron chi connectivity index (χ4n) is 3.77. The maximum absolute atomic E-state index is 6.93. The van der Waals surface area contributed by atoms with E-state index in [9.17, 15) is 0 Å². The van der Waals surface area contributed by atoms with Gasteiger partial charge in [0.1, 0.15) is 11.8 Å². The van der Waals surface area contributed by atoms with E-state index in [2.05, 4.69) is 91.5 Å². The minimum atomic E-state index is -2.01. The van der Waals surface area contributed by atoms with E-state index in [1.54, 1.807) is 0 Å². The largest absolute Gasteiger partial charge is 0.411 e. The van der Waals surface area contributed by atoms with Gasteiger partial charge in [-0.2, -0.15) is 0 Å². The Balaban J connectivity index is 2.24. The average molecular weight is 431 g/mol. The van der Waals surface area contributed by atoms with Gasteiger partial charge in [-0.1, -0.05) is 69.6 Å². The molecule has 0 radical (unpaired) electrons. The Kier molecular flexibility index (Phi) is 5.91. The molecular formula is C22H31ClN4OSi. The van der Waals surface area contributed by atoms with Crippen molar-refractivity contribution >= 4 is 31.1 Å². The number of fused-ring (bicyclic) bond motifs is 1. The maximum Gasteiger partial charge on any atom is 0.192 e. The topological polar surface area (TPSA) is 52.8 Å². The van der Waals surface area contributed by atoms with Crippen LogP contribution in [-0.4, -0.2) is 33.9 Å². The van der Waals surface area contributed by atoms with Gasteiger partial charge in [-0.25, -0.2) is 15.0 Å². The Morgan fingerprint density at radius 1 is 1.10 bits per heavy atom. The average Bonchev–Trinajstić information content (AvgIpc) is 3.08. The predicted molar refractivity (Wildman–Crippen MR) is 122 cm³/mol. The molecule has 0 saturated heterocycles. The third-order valence-corrected chi connectivity index (χ3v) is 11.3. The van der Waals surface area contributed by atoms with E-state index in [0.717, 1.165) is 12.1 Å². The molecule has 7 heteroatoms. The number of benzene rings is 1. The minimum absolute atomic E-state index is 0.0954. The highest BCUT2D eigenvalue weighted by atomic mass is 35.5. The van der Waals surface area contributed by atoms with Crippen molar-refractivity contribution in [1.29, 1.82) is 0 Å². The normalized spacial score (nSPS) is 16.0. The summed E-state index contributed by atoms with van der Waals surface area (Å²) in [6.45, 7) is 15.7. The molecule has 3 rings (SSSR count). The summed E-state index contributed by atoms with van der Waals surface area (Å²) in [5, 5.41) is 0.477. The molecule has 0 aliphatic rings. The maximum atomic E-state index is 6.93. The van der Waals surface area contributed by atoms with Crippen molar-refractivity contribution in [3.05, 3.63) is 53.7 Å². The summed E-state index contributed by atoms with van der Waals surface area (Å²) in [6.07, 6.45) is 4.04. The van der Waals surface area contributed by atoms with Gasteiger partial charge in [0.2, 0.25) is 0 Å². The first-order valence-electron chi connectivity index (χ1n) is 10.1.